The summed E-state index contributed by atoms with van der Waals surface area (Å²) < 4.78 is 9.68. The number of Topliss-reactive ketones (excluding diaryl/α,β-unsaturated/α-hetero) is 1. The van der Waals surface area contributed by atoms with E-state index in [2.05, 4.69) is 24.4 Å². The van der Waals surface area contributed by atoms with Gasteiger partial charge < -0.3 is 9.47 Å². The summed E-state index contributed by atoms with van der Waals surface area (Å²) in [4.78, 5) is 34.3. The first-order valence-corrected chi connectivity index (χ1v) is 9.94. The summed E-state index contributed by atoms with van der Waals surface area (Å²) in [6.45, 7) is 9.77. The van der Waals surface area contributed by atoms with Crippen LogP contribution in [0.25, 0.3) is 0 Å². The smallest absolute Gasteiger partial charge is 0.342 e. The third-order valence-electron chi connectivity index (χ3n) is 2.23. The van der Waals surface area contributed by atoms with Crippen LogP contribution in [0.2, 0.25) is 25.7 Å². The van der Waals surface area contributed by atoms with Crippen LogP contribution in [0.5, 0.6) is 0 Å². The first kappa shape index (κ1) is 17.6. The van der Waals surface area contributed by atoms with E-state index >= 15 is 0 Å². The van der Waals surface area contributed by atoms with E-state index in [0.29, 0.717) is 0 Å². The maximum absolute atomic E-state index is 11.7. The third kappa shape index (κ3) is 8.31. The molecular weight excluding hydrogens is 264 g/mol. The Morgan fingerprint density at radius 3 is 2.11 bits per heavy atom. The molecule has 0 aromatic heterocycles. The van der Waals surface area contributed by atoms with Gasteiger partial charge in [0.25, 0.3) is 0 Å². The van der Waals surface area contributed by atoms with Crippen LogP contribution in [0.3, 0.4) is 0 Å². The van der Waals surface area contributed by atoms with Gasteiger partial charge in [-0.05, 0) is 19.9 Å². The second-order valence-electron chi connectivity index (χ2n) is 5.31. The molecule has 0 aliphatic carbocycles. The average Bonchev–Trinajstić information content (AvgIpc) is 2.23. The largest absolute Gasteiger partial charge is 0.463 e. The van der Waals surface area contributed by atoms with Crippen molar-refractivity contribution in [3.63, 3.8) is 0 Å². The van der Waals surface area contributed by atoms with E-state index in [4.69, 9.17) is 4.74 Å². The highest BCUT2D eigenvalue weighted by Gasteiger charge is 2.20. The molecule has 0 bridgehead atoms. The number of esters is 2. The van der Waals surface area contributed by atoms with Gasteiger partial charge in [-0.25, -0.2) is 9.59 Å². The van der Waals surface area contributed by atoms with Gasteiger partial charge in [-0.2, -0.15) is 0 Å². The first-order chi connectivity index (χ1) is 8.67. The summed E-state index contributed by atoms with van der Waals surface area (Å²) in [7, 11) is -1.30. The molecule has 0 aliphatic heterocycles. The van der Waals surface area contributed by atoms with Crippen molar-refractivity contribution in [1.82, 2.24) is 0 Å². The van der Waals surface area contributed by atoms with Crippen molar-refractivity contribution in [2.75, 3.05) is 13.2 Å². The van der Waals surface area contributed by atoms with Crippen molar-refractivity contribution in [3.05, 3.63) is 11.6 Å². The van der Waals surface area contributed by atoms with Crippen LogP contribution in [0.15, 0.2) is 11.6 Å². The van der Waals surface area contributed by atoms with Gasteiger partial charge in [0.1, 0.15) is 5.57 Å². The fourth-order valence-corrected chi connectivity index (χ4v) is 1.85. The van der Waals surface area contributed by atoms with Crippen molar-refractivity contribution in [2.24, 2.45) is 0 Å². The van der Waals surface area contributed by atoms with Crippen molar-refractivity contribution in [2.45, 2.75) is 39.5 Å². The van der Waals surface area contributed by atoms with Crippen LogP contribution in [-0.4, -0.2) is 39.0 Å². The topological polar surface area (TPSA) is 69.7 Å². The summed E-state index contributed by atoms with van der Waals surface area (Å²) in [5, 5.41) is 0. The van der Waals surface area contributed by atoms with Crippen LogP contribution in [0.1, 0.15) is 13.8 Å². The molecule has 19 heavy (non-hydrogen) atoms. The van der Waals surface area contributed by atoms with Gasteiger partial charge in [0.05, 0.1) is 13.2 Å². The van der Waals surface area contributed by atoms with Gasteiger partial charge in [0.2, 0.25) is 0 Å². The standard InChI is InChI=1S/C13H22O5Si/c1-6-17-12(15)9-11(10(2)14)13(16)18-7-8-19(3,4)5/h9H,6-8H2,1-5H3/b11-9-. The van der Waals surface area contributed by atoms with Gasteiger partial charge in [0.15, 0.2) is 5.78 Å². The molecule has 0 radical (unpaired) electrons. The first-order valence-electron chi connectivity index (χ1n) is 6.24. The maximum Gasteiger partial charge on any atom is 0.342 e. The van der Waals surface area contributed by atoms with Crippen molar-refractivity contribution >= 4 is 25.8 Å². The summed E-state index contributed by atoms with van der Waals surface area (Å²) in [6, 6.07) is 0.809. The van der Waals surface area contributed by atoms with Gasteiger partial charge in [-0.3, -0.25) is 4.79 Å². The normalized spacial score (nSPS) is 11.9. The SMILES string of the molecule is CCOC(=O)/C=C(/C(C)=O)C(=O)OCC[Si](C)(C)C. The average molecular weight is 286 g/mol. The molecule has 0 heterocycles. The van der Waals surface area contributed by atoms with Gasteiger partial charge in [-0.15, -0.1) is 0 Å². The molecule has 0 N–H and O–H groups in total. The second-order valence-corrected chi connectivity index (χ2v) is 10.9. The molecule has 5 nitrogen and oxygen atoms in total. The van der Waals surface area contributed by atoms with E-state index in [1.807, 2.05) is 0 Å². The monoisotopic (exact) mass is 286 g/mol. The Balaban J connectivity index is 4.60. The Hall–Kier alpha value is -1.43. The minimum atomic E-state index is -1.30. The highest BCUT2D eigenvalue weighted by Crippen LogP contribution is 2.09. The number of ether oxygens (including phenoxy) is 2. The minimum Gasteiger partial charge on any atom is -0.463 e. The van der Waals surface area contributed by atoms with Crippen molar-refractivity contribution in [3.8, 4) is 0 Å². The van der Waals surface area contributed by atoms with E-state index < -0.39 is 25.8 Å². The summed E-state index contributed by atoms with van der Waals surface area (Å²) >= 11 is 0. The molecule has 0 spiro atoms. The van der Waals surface area contributed by atoms with E-state index in [0.717, 1.165) is 12.1 Å². The lowest BCUT2D eigenvalue weighted by Gasteiger charge is -2.15. The fraction of sp³-hybridized carbons (Fsp3) is 0.615. The Bertz CT molecular complexity index is 379. The predicted octanol–water partition coefficient (Wildman–Crippen LogP) is 1.95. The second kappa shape index (κ2) is 7.88. The molecule has 0 unspecified atom stereocenters. The number of hydrogen-bond acceptors (Lipinski definition) is 5. The molecule has 0 saturated heterocycles. The minimum absolute atomic E-state index is 0.186. The zero-order valence-electron chi connectivity index (χ0n) is 12.2. The van der Waals surface area contributed by atoms with Gasteiger partial charge in [0, 0.05) is 14.1 Å². The Morgan fingerprint density at radius 2 is 1.68 bits per heavy atom. The van der Waals surface area contributed by atoms with E-state index in [1.54, 1.807) is 6.92 Å². The third-order valence-corrected chi connectivity index (χ3v) is 3.94. The molecule has 0 fully saturated rings. The van der Waals surface area contributed by atoms with Gasteiger partial charge >= 0.3 is 11.9 Å². The Kier molecular flexibility index (Phi) is 7.29. The van der Waals surface area contributed by atoms with Crippen LogP contribution in [0, 0.1) is 0 Å². The van der Waals surface area contributed by atoms with E-state index in [9.17, 15) is 14.4 Å². The molecule has 108 valence electrons. The Morgan fingerprint density at radius 1 is 1.11 bits per heavy atom. The number of hydrogen-bond donors (Lipinski definition) is 0. The summed E-state index contributed by atoms with van der Waals surface area (Å²) in [6.07, 6.45) is 0.892. The fourth-order valence-electron chi connectivity index (χ4n) is 1.13. The van der Waals surface area contributed by atoms with Crippen LogP contribution < -0.4 is 0 Å². The molecule has 6 heteroatoms. The summed E-state index contributed by atoms with van der Waals surface area (Å²) in [5.41, 5.74) is -0.269. The molecule has 0 saturated carbocycles. The number of carbonyl (C=O) groups is 3. The lowest BCUT2D eigenvalue weighted by atomic mass is 10.2. The molecule has 0 atom stereocenters. The van der Waals surface area contributed by atoms with Crippen LogP contribution in [-0.2, 0) is 23.9 Å². The maximum atomic E-state index is 11.7. The molecular formula is C13H22O5Si. The zero-order chi connectivity index (χ0) is 15.1. The summed E-state index contributed by atoms with van der Waals surface area (Å²) in [5.74, 6) is -1.99. The zero-order valence-corrected chi connectivity index (χ0v) is 13.2. The van der Waals surface area contributed by atoms with Gasteiger partial charge in [-0.1, -0.05) is 19.6 Å². The van der Waals surface area contributed by atoms with E-state index in [-0.39, 0.29) is 18.8 Å². The lowest BCUT2D eigenvalue weighted by molar-refractivity contribution is -0.142. The highest BCUT2D eigenvalue weighted by atomic mass is 28.3. The molecule has 0 amide bonds. The number of rotatable bonds is 7. The molecule has 0 rings (SSSR count). The predicted molar refractivity (Wildman–Crippen MR) is 74.5 cm³/mol. The number of ketones is 1. The van der Waals surface area contributed by atoms with Crippen LogP contribution >= 0.6 is 0 Å². The molecule has 0 aromatic carbocycles. The van der Waals surface area contributed by atoms with Crippen LogP contribution in [0.4, 0.5) is 0 Å². The van der Waals surface area contributed by atoms with E-state index in [1.165, 1.54) is 6.92 Å². The Labute approximate surface area is 115 Å². The molecule has 0 aliphatic rings. The lowest BCUT2D eigenvalue weighted by Crippen LogP contribution is -2.24. The quantitative estimate of drug-likeness (QED) is 0.235. The number of carbonyl (C=O) groups excluding carboxylic acids is 3. The highest BCUT2D eigenvalue weighted by molar-refractivity contribution is 6.76. The van der Waals surface area contributed by atoms with Crippen molar-refractivity contribution in [1.29, 1.82) is 0 Å². The molecule has 0 aromatic rings. The van der Waals surface area contributed by atoms with Crippen molar-refractivity contribution < 1.29 is 23.9 Å².